The highest BCUT2D eigenvalue weighted by atomic mass is 32.1. The van der Waals surface area contributed by atoms with Crippen molar-refractivity contribution < 1.29 is 4.42 Å². The molecule has 5 aromatic heterocycles. The Hall–Kier alpha value is -9.17. The normalized spacial score (nSPS) is 12.7. The molecule has 9 aromatic carbocycles. The molecule has 71 heavy (non-hydrogen) atoms. The van der Waals surface area contributed by atoms with Crippen LogP contribution in [0.25, 0.3) is 132 Å². The van der Waals surface area contributed by atoms with E-state index in [4.69, 9.17) is 19.4 Å². The quantitative estimate of drug-likeness (QED) is 0.160. The van der Waals surface area contributed by atoms with Crippen LogP contribution in [0.4, 0.5) is 0 Å². The molecule has 0 saturated heterocycles. The summed E-state index contributed by atoms with van der Waals surface area (Å²) < 4.78 is 13.9. The number of rotatable bonds is 7. The molecule has 14 aromatic rings. The van der Waals surface area contributed by atoms with Gasteiger partial charge in [-0.15, -0.1) is 11.3 Å². The molecule has 334 valence electrons. The fourth-order valence-corrected chi connectivity index (χ4v) is 12.0. The maximum atomic E-state index is 6.69. The summed E-state index contributed by atoms with van der Waals surface area (Å²) in [6.07, 6.45) is 3.87. The Kier molecular flexibility index (Phi) is 9.34. The van der Waals surface area contributed by atoms with Crippen molar-refractivity contribution in [3.63, 3.8) is 0 Å². The molecule has 0 aliphatic carbocycles. The standard InChI is InChI=1S/C64H41N5OS/c1-3-43(64-66-62(39-19-7-5-8-20-39)65-63(67-64)41-31-34-54-49(38-41)47-25-13-15-27-51(47)68(54)42-21-9-6-10-22-42)59-50-37-40(32-36-57(50)70-56(59)4-2)44-33-35-55(61-60(44)48-26-14-18-30-58(48)71-61)69-52-28-16-11-23-45(52)46-24-12-17-29-53(46)69/h3-38H,1H2,2H3/b56-4+,59-43+. The minimum absolute atomic E-state index is 0.508. The first-order chi connectivity index (χ1) is 35.1. The first kappa shape index (κ1) is 40.9. The van der Waals surface area contributed by atoms with Gasteiger partial charge in [0.05, 0.1) is 32.5 Å². The van der Waals surface area contributed by atoms with E-state index in [1.165, 1.54) is 47.7 Å². The molecule has 0 aliphatic heterocycles. The van der Waals surface area contributed by atoms with E-state index >= 15 is 0 Å². The molecule has 0 N–H and O–H groups in total. The van der Waals surface area contributed by atoms with Crippen molar-refractivity contribution in [1.29, 1.82) is 0 Å². The van der Waals surface area contributed by atoms with Gasteiger partial charge in [-0.1, -0.05) is 146 Å². The molecule has 0 unspecified atom stereocenters. The number of furan rings is 1. The van der Waals surface area contributed by atoms with Gasteiger partial charge in [-0.2, -0.15) is 0 Å². The smallest absolute Gasteiger partial charge is 0.164 e. The molecule has 0 amide bonds. The summed E-state index contributed by atoms with van der Waals surface area (Å²) in [6.45, 7) is 6.42. The van der Waals surface area contributed by atoms with Gasteiger partial charge in [-0.05, 0) is 96.9 Å². The molecule has 0 saturated carbocycles. The Balaban J connectivity index is 0.989. The highest BCUT2D eigenvalue weighted by Crippen LogP contribution is 2.45. The van der Waals surface area contributed by atoms with Crippen molar-refractivity contribution >= 4 is 97.7 Å². The minimum atomic E-state index is 0.508. The lowest BCUT2D eigenvalue weighted by molar-refractivity contribution is 0.574. The van der Waals surface area contributed by atoms with Crippen LogP contribution in [0.1, 0.15) is 12.7 Å². The van der Waals surface area contributed by atoms with Crippen LogP contribution in [0.3, 0.4) is 0 Å². The maximum Gasteiger partial charge on any atom is 0.164 e. The summed E-state index contributed by atoms with van der Waals surface area (Å²) >= 11 is 1.85. The molecular weight excluding hydrogens is 887 g/mol. The van der Waals surface area contributed by atoms with Gasteiger partial charge in [0.1, 0.15) is 11.0 Å². The van der Waals surface area contributed by atoms with E-state index in [0.717, 1.165) is 76.9 Å². The zero-order valence-electron chi connectivity index (χ0n) is 38.5. The third kappa shape index (κ3) is 6.37. The highest BCUT2D eigenvalue weighted by molar-refractivity contribution is 7.26. The highest BCUT2D eigenvalue weighted by Gasteiger charge is 2.22. The monoisotopic (exact) mass is 927 g/mol. The second kappa shape index (κ2) is 16.2. The van der Waals surface area contributed by atoms with Gasteiger partial charge >= 0.3 is 0 Å². The Morgan fingerprint density at radius 1 is 0.507 bits per heavy atom. The Morgan fingerprint density at radius 3 is 1.79 bits per heavy atom. The van der Waals surface area contributed by atoms with E-state index in [0.29, 0.717) is 17.5 Å². The number of thiophene rings is 1. The molecule has 0 radical (unpaired) electrons. The van der Waals surface area contributed by atoms with E-state index in [2.05, 4.69) is 192 Å². The van der Waals surface area contributed by atoms with Gasteiger partial charge in [0, 0.05) is 70.0 Å². The molecular formula is C64H41N5OS. The number of fused-ring (bicyclic) bond motifs is 10. The summed E-state index contributed by atoms with van der Waals surface area (Å²) in [4.78, 5) is 15.7. The second-order valence-electron chi connectivity index (χ2n) is 17.9. The number of benzene rings is 9. The minimum Gasteiger partial charge on any atom is -0.456 e. The Morgan fingerprint density at radius 2 is 1.08 bits per heavy atom. The Bertz CT molecular complexity index is 4560. The van der Waals surface area contributed by atoms with E-state index in [-0.39, 0.29) is 0 Å². The third-order valence-electron chi connectivity index (χ3n) is 13.9. The summed E-state index contributed by atoms with van der Waals surface area (Å²) in [7, 11) is 0. The van der Waals surface area contributed by atoms with Crippen LogP contribution < -0.4 is 10.6 Å². The van der Waals surface area contributed by atoms with Crippen molar-refractivity contribution in [2.24, 2.45) is 0 Å². The summed E-state index contributed by atoms with van der Waals surface area (Å²) in [5.41, 5.74) is 13.1. The van der Waals surface area contributed by atoms with E-state index in [1.54, 1.807) is 0 Å². The molecule has 0 bridgehead atoms. The molecule has 0 aliphatic rings. The summed E-state index contributed by atoms with van der Waals surface area (Å²) in [5.74, 6) is 1.65. The molecule has 7 heteroatoms. The fraction of sp³-hybridized carbons (Fsp3) is 0.0156. The molecule has 0 atom stereocenters. The van der Waals surface area contributed by atoms with Gasteiger partial charge in [0.15, 0.2) is 17.5 Å². The van der Waals surface area contributed by atoms with E-state index in [1.807, 2.05) is 60.7 Å². The maximum absolute atomic E-state index is 6.69. The first-order valence-electron chi connectivity index (χ1n) is 23.8. The van der Waals surface area contributed by atoms with Gasteiger partial charge in [-0.3, -0.25) is 0 Å². The molecule has 5 heterocycles. The average molecular weight is 928 g/mol. The molecule has 0 fully saturated rings. The topological polar surface area (TPSA) is 61.7 Å². The van der Waals surface area contributed by atoms with Gasteiger partial charge in [-0.25, -0.2) is 15.0 Å². The van der Waals surface area contributed by atoms with Crippen molar-refractivity contribution in [2.75, 3.05) is 0 Å². The number of nitrogens with zero attached hydrogens (tertiary/aromatic N) is 5. The van der Waals surface area contributed by atoms with Crippen LogP contribution in [0.15, 0.2) is 223 Å². The van der Waals surface area contributed by atoms with Crippen molar-refractivity contribution in [3.05, 3.63) is 235 Å². The zero-order valence-corrected chi connectivity index (χ0v) is 39.4. The number of hydrogen-bond acceptors (Lipinski definition) is 5. The lowest BCUT2D eigenvalue weighted by atomic mass is 9.97. The van der Waals surface area contributed by atoms with Crippen LogP contribution in [0.2, 0.25) is 0 Å². The zero-order chi connectivity index (χ0) is 47.2. The number of aromatic nitrogens is 5. The molecule has 6 nitrogen and oxygen atoms in total. The van der Waals surface area contributed by atoms with Gasteiger partial charge in [0.2, 0.25) is 0 Å². The number of allylic oxidation sites excluding steroid dienone is 1. The van der Waals surface area contributed by atoms with Crippen molar-refractivity contribution in [1.82, 2.24) is 24.1 Å². The molecule has 14 rings (SSSR count). The first-order valence-corrected chi connectivity index (χ1v) is 24.6. The van der Waals surface area contributed by atoms with Crippen LogP contribution in [0, 0.1) is 0 Å². The van der Waals surface area contributed by atoms with Crippen LogP contribution >= 0.6 is 11.3 Å². The average Bonchev–Trinajstić information content (AvgIpc) is 4.19. The molecule has 0 spiro atoms. The van der Waals surface area contributed by atoms with Crippen molar-refractivity contribution in [3.8, 4) is 45.3 Å². The number of hydrogen-bond donors (Lipinski definition) is 0. The lowest BCUT2D eigenvalue weighted by Gasteiger charge is -2.13. The third-order valence-corrected chi connectivity index (χ3v) is 15.1. The van der Waals surface area contributed by atoms with Crippen molar-refractivity contribution in [2.45, 2.75) is 6.92 Å². The summed E-state index contributed by atoms with van der Waals surface area (Å²) in [6, 6.07) is 73.0. The fourth-order valence-electron chi connectivity index (χ4n) is 10.8. The summed E-state index contributed by atoms with van der Waals surface area (Å²) in [5, 5.41) is 9.04. The predicted octanol–water partition coefficient (Wildman–Crippen LogP) is 15.4. The largest absolute Gasteiger partial charge is 0.456 e. The van der Waals surface area contributed by atoms with Crippen LogP contribution in [-0.2, 0) is 0 Å². The predicted molar refractivity (Wildman–Crippen MR) is 296 cm³/mol. The SMILES string of the molecule is C=C/C(c1nc(-c2ccccc2)nc(-c2ccc3c(c2)c2ccccc2n3-c2ccccc2)n1)=c1\c(=C/C)oc2ccc(-c3ccc(-n4c5ccccc5c5ccccc54)c4sc5ccccc5c34)cc12. The Labute approximate surface area is 411 Å². The van der Waals surface area contributed by atoms with Crippen LogP contribution in [-0.4, -0.2) is 24.1 Å². The second-order valence-corrected chi connectivity index (χ2v) is 18.9. The number of para-hydroxylation sites is 4. The van der Waals surface area contributed by atoms with E-state index < -0.39 is 0 Å². The lowest BCUT2D eigenvalue weighted by Crippen LogP contribution is -2.24. The van der Waals surface area contributed by atoms with Gasteiger partial charge in [0.25, 0.3) is 0 Å². The van der Waals surface area contributed by atoms with E-state index in [9.17, 15) is 0 Å². The van der Waals surface area contributed by atoms with Gasteiger partial charge < -0.3 is 13.6 Å². The van der Waals surface area contributed by atoms with Crippen LogP contribution in [0.5, 0.6) is 0 Å².